The molecular weight excluding hydrogens is 282 g/mol. The van der Waals surface area contributed by atoms with Crippen molar-refractivity contribution in [3.63, 3.8) is 0 Å². The number of nitrogens with one attached hydrogen (secondary N) is 2. The Morgan fingerprint density at radius 3 is 2.43 bits per heavy atom. The maximum absolute atomic E-state index is 13.4. The van der Waals surface area contributed by atoms with E-state index in [1.807, 2.05) is 0 Å². The maximum atomic E-state index is 13.4. The summed E-state index contributed by atoms with van der Waals surface area (Å²) in [5, 5.41) is 13.9. The number of carboxylic acids is 1. The topological polar surface area (TPSA) is 78.4 Å². The first-order valence-corrected chi connectivity index (χ1v) is 6.70. The lowest BCUT2D eigenvalue weighted by Gasteiger charge is -2.33. The Morgan fingerprint density at radius 1 is 1.14 bits per heavy atom. The minimum Gasteiger partial charge on any atom is -0.480 e. The summed E-state index contributed by atoms with van der Waals surface area (Å²) in [6.07, 6.45) is 2.95. The van der Waals surface area contributed by atoms with Crippen molar-refractivity contribution >= 4 is 17.7 Å². The second-order valence-corrected chi connectivity index (χ2v) is 5.15. The van der Waals surface area contributed by atoms with Gasteiger partial charge < -0.3 is 15.7 Å². The lowest BCUT2D eigenvalue weighted by atomic mass is 9.82. The molecule has 0 atom stereocenters. The van der Waals surface area contributed by atoms with Crippen molar-refractivity contribution in [3.8, 4) is 0 Å². The summed E-state index contributed by atoms with van der Waals surface area (Å²) >= 11 is 0. The molecule has 0 spiro atoms. The lowest BCUT2D eigenvalue weighted by Crippen LogP contribution is -2.56. The quantitative estimate of drug-likeness (QED) is 0.803. The van der Waals surface area contributed by atoms with Gasteiger partial charge in [-0.3, -0.25) is 0 Å². The molecule has 21 heavy (non-hydrogen) atoms. The summed E-state index contributed by atoms with van der Waals surface area (Å²) in [7, 11) is 0. The molecule has 0 aromatic heterocycles. The Bertz CT molecular complexity index is 557. The number of carbonyl (C=O) groups excluding carboxylic acids is 1. The molecule has 1 fully saturated rings. The van der Waals surface area contributed by atoms with Crippen LogP contribution in [-0.2, 0) is 4.79 Å². The smallest absolute Gasteiger partial charge is 0.329 e. The highest BCUT2D eigenvalue weighted by Crippen LogP contribution is 2.28. The lowest BCUT2D eigenvalue weighted by molar-refractivity contribution is -0.145. The third-order valence-electron chi connectivity index (χ3n) is 3.65. The van der Waals surface area contributed by atoms with Crippen LogP contribution < -0.4 is 10.6 Å². The Balaban J connectivity index is 2.09. The second kappa shape index (κ2) is 6.07. The van der Waals surface area contributed by atoms with Crippen LogP contribution in [0.4, 0.5) is 19.3 Å². The molecule has 0 bridgehead atoms. The predicted molar refractivity (Wildman–Crippen MR) is 72.0 cm³/mol. The third kappa shape index (κ3) is 3.48. The number of urea groups is 1. The summed E-state index contributed by atoms with van der Waals surface area (Å²) < 4.78 is 26.5. The van der Waals surface area contributed by atoms with Gasteiger partial charge in [-0.05, 0) is 25.0 Å². The Labute approximate surface area is 120 Å². The van der Waals surface area contributed by atoms with E-state index in [2.05, 4.69) is 10.6 Å². The van der Waals surface area contributed by atoms with E-state index < -0.39 is 29.2 Å². The van der Waals surface area contributed by atoms with Crippen LogP contribution in [0.15, 0.2) is 18.2 Å². The van der Waals surface area contributed by atoms with Crippen molar-refractivity contribution in [2.45, 2.75) is 37.6 Å². The minimum absolute atomic E-state index is 0.321. The van der Waals surface area contributed by atoms with Gasteiger partial charge in [0, 0.05) is 6.07 Å². The van der Waals surface area contributed by atoms with Crippen LogP contribution >= 0.6 is 0 Å². The summed E-state index contributed by atoms with van der Waals surface area (Å²) in [5.41, 5.74) is -1.67. The fraction of sp³-hybridized carbons (Fsp3) is 0.429. The molecule has 1 aliphatic rings. The van der Waals surface area contributed by atoms with Crippen molar-refractivity contribution in [1.29, 1.82) is 0 Å². The number of benzene rings is 1. The number of aliphatic carboxylic acids is 1. The van der Waals surface area contributed by atoms with Crippen LogP contribution in [0.25, 0.3) is 0 Å². The summed E-state index contributed by atoms with van der Waals surface area (Å²) in [6.45, 7) is 0. The zero-order valence-corrected chi connectivity index (χ0v) is 11.3. The molecule has 2 rings (SSSR count). The van der Waals surface area contributed by atoms with Gasteiger partial charge >= 0.3 is 12.0 Å². The molecule has 114 valence electrons. The Hall–Kier alpha value is -2.18. The van der Waals surface area contributed by atoms with Gasteiger partial charge in [0.25, 0.3) is 0 Å². The standard InChI is InChI=1S/C14H16F2N2O3/c15-9-4-5-10(16)11(8-9)17-13(21)18-14(12(19)20)6-2-1-3-7-14/h4-5,8H,1-3,6-7H2,(H,19,20)(H2,17,18,21). The Morgan fingerprint density at radius 2 is 1.81 bits per heavy atom. The van der Waals surface area contributed by atoms with Crippen LogP contribution in [0.5, 0.6) is 0 Å². The number of halogens is 2. The molecule has 1 aromatic carbocycles. The largest absolute Gasteiger partial charge is 0.480 e. The van der Waals surface area contributed by atoms with E-state index in [-0.39, 0.29) is 5.69 Å². The average Bonchev–Trinajstić information content (AvgIpc) is 2.43. The van der Waals surface area contributed by atoms with Gasteiger partial charge in [0.15, 0.2) is 0 Å². The van der Waals surface area contributed by atoms with E-state index in [1.165, 1.54) is 0 Å². The van der Waals surface area contributed by atoms with Crippen LogP contribution in [0.3, 0.4) is 0 Å². The third-order valence-corrected chi connectivity index (χ3v) is 3.65. The fourth-order valence-corrected chi connectivity index (χ4v) is 2.51. The maximum Gasteiger partial charge on any atom is 0.329 e. The number of rotatable bonds is 3. The van der Waals surface area contributed by atoms with E-state index in [0.29, 0.717) is 25.7 Å². The van der Waals surface area contributed by atoms with Gasteiger partial charge in [-0.15, -0.1) is 0 Å². The van der Waals surface area contributed by atoms with E-state index in [1.54, 1.807) is 0 Å². The Kier molecular flexibility index (Phi) is 4.40. The van der Waals surface area contributed by atoms with Crippen LogP contribution in [0.2, 0.25) is 0 Å². The monoisotopic (exact) mass is 298 g/mol. The van der Waals surface area contributed by atoms with E-state index in [9.17, 15) is 23.5 Å². The van der Waals surface area contributed by atoms with Gasteiger partial charge in [0.2, 0.25) is 0 Å². The van der Waals surface area contributed by atoms with Crippen molar-refractivity contribution in [1.82, 2.24) is 5.32 Å². The molecule has 1 aromatic rings. The van der Waals surface area contributed by atoms with Crippen molar-refractivity contribution in [2.24, 2.45) is 0 Å². The molecule has 1 saturated carbocycles. The average molecular weight is 298 g/mol. The first-order valence-electron chi connectivity index (χ1n) is 6.70. The van der Waals surface area contributed by atoms with E-state index in [0.717, 1.165) is 24.6 Å². The first kappa shape index (κ1) is 15.2. The number of anilines is 1. The van der Waals surface area contributed by atoms with Gasteiger partial charge in [0.1, 0.15) is 17.2 Å². The van der Waals surface area contributed by atoms with Crippen molar-refractivity contribution in [2.75, 3.05) is 5.32 Å². The fourth-order valence-electron chi connectivity index (χ4n) is 2.51. The van der Waals surface area contributed by atoms with Crippen molar-refractivity contribution < 1.29 is 23.5 Å². The molecule has 7 heteroatoms. The first-order chi connectivity index (χ1) is 9.93. The van der Waals surface area contributed by atoms with Gasteiger partial charge in [0.05, 0.1) is 5.69 Å². The molecular formula is C14H16F2N2O3. The molecule has 0 aliphatic heterocycles. The SMILES string of the molecule is O=C(Nc1cc(F)ccc1F)NC1(C(=O)O)CCCCC1. The van der Waals surface area contributed by atoms with E-state index >= 15 is 0 Å². The second-order valence-electron chi connectivity index (χ2n) is 5.15. The molecule has 5 nitrogen and oxygen atoms in total. The van der Waals surface area contributed by atoms with Gasteiger partial charge in [-0.2, -0.15) is 0 Å². The summed E-state index contributed by atoms with van der Waals surface area (Å²) in [5.74, 6) is -2.60. The zero-order chi connectivity index (χ0) is 15.5. The molecule has 0 unspecified atom stereocenters. The number of amides is 2. The highest BCUT2D eigenvalue weighted by Gasteiger charge is 2.41. The number of hydrogen-bond acceptors (Lipinski definition) is 2. The molecule has 0 saturated heterocycles. The van der Waals surface area contributed by atoms with Crippen molar-refractivity contribution in [3.05, 3.63) is 29.8 Å². The van der Waals surface area contributed by atoms with Crippen LogP contribution in [-0.4, -0.2) is 22.6 Å². The van der Waals surface area contributed by atoms with E-state index in [4.69, 9.17) is 0 Å². The molecule has 2 amide bonds. The minimum atomic E-state index is -1.34. The summed E-state index contributed by atoms with van der Waals surface area (Å²) in [6, 6.07) is 1.80. The van der Waals surface area contributed by atoms with Gasteiger partial charge in [-0.25, -0.2) is 18.4 Å². The summed E-state index contributed by atoms with van der Waals surface area (Å²) in [4.78, 5) is 23.3. The van der Waals surface area contributed by atoms with Gasteiger partial charge in [-0.1, -0.05) is 19.3 Å². The molecule has 0 heterocycles. The highest BCUT2D eigenvalue weighted by molar-refractivity contribution is 5.94. The zero-order valence-electron chi connectivity index (χ0n) is 11.3. The highest BCUT2D eigenvalue weighted by atomic mass is 19.1. The van der Waals surface area contributed by atoms with Crippen LogP contribution in [0.1, 0.15) is 32.1 Å². The number of carboxylic acid groups (broad SMARTS) is 1. The molecule has 1 aliphatic carbocycles. The molecule has 0 radical (unpaired) electrons. The molecule has 3 N–H and O–H groups in total. The normalized spacial score (nSPS) is 17.0. The predicted octanol–water partition coefficient (Wildman–Crippen LogP) is 2.87. The number of carbonyl (C=O) groups is 2. The van der Waals surface area contributed by atoms with Crippen LogP contribution in [0, 0.1) is 11.6 Å². The number of hydrogen-bond donors (Lipinski definition) is 3.